The quantitative estimate of drug-likeness (QED) is 0.0499. The molecule has 25 nitrogen and oxygen atoms in total. The van der Waals surface area contributed by atoms with Crippen LogP contribution in [0.3, 0.4) is 0 Å². The highest BCUT2D eigenvalue weighted by atomic mass is 16.8. The summed E-state index contributed by atoms with van der Waals surface area (Å²) in [6.45, 7) is 0.350. The summed E-state index contributed by atoms with van der Waals surface area (Å²) < 4.78 is 34.3. The molecule has 0 aromatic rings. The molecule has 5 unspecified atom stereocenters. The molecule has 3 saturated heterocycles. The topological polar surface area (TPSA) is 433 Å². The lowest BCUT2D eigenvalue weighted by Gasteiger charge is -2.48. The highest BCUT2D eigenvalue weighted by Crippen LogP contribution is 2.39. The first-order valence-electron chi connectivity index (χ1n) is 15.9. The Morgan fingerprint density at radius 1 is 0.769 bits per heavy atom. The van der Waals surface area contributed by atoms with Crippen LogP contribution in [0.2, 0.25) is 0 Å². The van der Waals surface area contributed by atoms with E-state index in [1.54, 1.807) is 0 Å². The number of aldehydes is 1. The van der Waals surface area contributed by atoms with Crippen LogP contribution in [0, 0.1) is 0 Å². The highest BCUT2D eigenvalue weighted by molar-refractivity contribution is 5.76. The SMILES string of the molecule is CN[C@@H]1[C@H](O[C@H]2[C@H](O[C@H]3[C@H](O)[C@@H](O)[C@H](N=C(N)N)[C@@H](O)[C@@H]3N=C(N)N)O[C@@H](C)[C@]2(O)C=O)O[C@@H](CO)[C@H](O)[C@H]1OC1OC(C(=O)O)C(O)C(O)C1O. The largest absolute Gasteiger partial charge is 0.479 e. The number of rotatable bonds is 12. The van der Waals surface area contributed by atoms with Crippen LogP contribution in [-0.2, 0) is 38.0 Å². The van der Waals surface area contributed by atoms with Crippen molar-refractivity contribution in [2.75, 3.05) is 13.7 Å². The monoisotopic (exact) mass is 757 g/mol. The van der Waals surface area contributed by atoms with Crippen molar-refractivity contribution in [2.24, 2.45) is 32.9 Å². The number of carboxylic acids is 1. The Balaban J connectivity index is 1.67. The molecule has 0 spiro atoms. The molecule has 4 rings (SSSR count). The van der Waals surface area contributed by atoms with Crippen molar-refractivity contribution in [3.05, 3.63) is 0 Å². The predicted molar refractivity (Wildman–Crippen MR) is 166 cm³/mol. The van der Waals surface area contributed by atoms with Gasteiger partial charge in [-0.3, -0.25) is 4.79 Å². The number of nitrogens with zero attached hydrogens (tertiary/aromatic N) is 2. The number of aliphatic hydroxyl groups excluding tert-OH is 8. The maximum atomic E-state index is 12.4. The fraction of sp³-hybridized carbons (Fsp3) is 0.852. The number of nitrogens with two attached hydrogens (primary N) is 4. The molecule has 0 aromatic carbocycles. The zero-order valence-electron chi connectivity index (χ0n) is 27.7. The van der Waals surface area contributed by atoms with Gasteiger partial charge in [0.25, 0.3) is 0 Å². The molecule has 0 radical (unpaired) electrons. The third kappa shape index (κ3) is 7.94. The van der Waals surface area contributed by atoms with Gasteiger partial charge >= 0.3 is 5.97 Å². The van der Waals surface area contributed by atoms with E-state index in [2.05, 4.69) is 15.3 Å². The van der Waals surface area contributed by atoms with Gasteiger partial charge in [-0.2, -0.15) is 0 Å². The second-order valence-corrected chi connectivity index (χ2v) is 12.7. The second kappa shape index (κ2) is 16.6. The van der Waals surface area contributed by atoms with Crippen LogP contribution in [0.4, 0.5) is 0 Å². The minimum atomic E-state index is -2.56. The average molecular weight is 758 g/mol. The summed E-state index contributed by atoms with van der Waals surface area (Å²) in [7, 11) is 1.31. The first kappa shape index (κ1) is 41.8. The van der Waals surface area contributed by atoms with E-state index in [9.17, 15) is 60.7 Å². The number of nitrogens with one attached hydrogen (secondary N) is 1. The van der Waals surface area contributed by atoms with Crippen molar-refractivity contribution in [2.45, 2.75) is 129 Å². The Morgan fingerprint density at radius 3 is 1.90 bits per heavy atom. The summed E-state index contributed by atoms with van der Waals surface area (Å²) >= 11 is 0. The maximum absolute atomic E-state index is 12.4. The number of hydrogen-bond acceptors (Lipinski definition) is 20. The third-order valence-corrected chi connectivity index (χ3v) is 9.41. The number of carbonyl (C=O) groups is 2. The van der Waals surface area contributed by atoms with Gasteiger partial charge in [-0.05, 0) is 14.0 Å². The molecular weight excluding hydrogens is 710 g/mol. The number of carboxylic acid groups (broad SMARTS) is 1. The summed E-state index contributed by atoms with van der Waals surface area (Å²) in [6.07, 6.45) is -29.5. The second-order valence-electron chi connectivity index (χ2n) is 12.7. The molecule has 0 amide bonds. The van der Waals surface area contributed by atoms with Gasteiger partial charge in [0, 0.05) is 0 Å². The Bertz CT molecular complexity index is 1310. The number of guanidine groups is 2. The van der Waals surface area contributed by atoms with Gasteiger partial charge in [0.15, 0.2) is 48.8 Å². The van der Waals surface area contributed by atoms with Gasteiger partial charge in [-0.15, -0.1) is 0 Å². The highest BCUT2D eigenvalue weighted by Gasteiger charge is 2.61. The molecule has 0 aromatic heterocycles. The smallest absolute Gasteiger partial charge is 0.335 e. The van der Waals surface area contributed by atoms with Crippen LogP contribution in [0.25, 0.3) is 0 Å². The lowest BCUT2D eigenvalue weighted by Crippen LogP contribution is -2.68. The van der Waals surface area contributed by atoms with E-state index in [1.807, 2.05) is 0 Å². The molecule has 19 N–H and O–H groups in total. The number of aliphatic imine (C=N–C) groups is 2. The number of ether oxygens (including phenoxy) is 6. The molecule has 4 fully saturated rings. The molecule has 25 heteroatoms. The Morgan fingerprint density at radius 2 is 1.37 bits per heavy atom. The number of aliphatic carboxylic acids is 1. The Labute approximate surface area is 294 Å². The Hall–Kier alpha value is -2.96. The van der Waals surface area contributed by atoms with E-state index >= 15 is 0 Å². The number of likely N-dealkylation sites (N-methyl/N-ethyl adjacent to an activating group) is 1. The standard InChI is InChI=1S/C27H47N7O18/c1-5-27(46,4-36)20(24(47-5)50-17-8(34-26(30)31)11(38)7(33-25(28)29)12(39)14(17)41)52-22-9(32-2)18(10(37)6(3-35)48-22)49-23-16(43)13(40)15(42)19(51-23)21(44)45/h4-20,22-24,32,35,37-43,46H,3H2,1-2H3,(H,44,45)(H4,28,29,33)(H4,30,31,34)/t5-,6-,7+,8-,9-,10-,11+,12-,13?,14+,15?,16?,17+,18-,19?,20-,22-,23?,24-,27+/m0/s1. The van der Waals surface area contributed by atoms with Gasteiger partial charge in [-0.25, -0.2) is 14.8 Å². The number of aliphatic hydroxyl groups is 9. The molecule has 1 aliphatic carbocycles. The molecule has 3 heterocycles. The van der Waals surface area contributed by atoms with Crippen molar-refractivity contribution < 1.29 is 89.1 Å². The van der Waals surface area contributed by atoms with Crippen LogP contribution in [0.1, 0.15) is 6.92 Å². The van der Waals surface area contributed by atoms with Crippen molar-refractivity contribution in [3.63, 3.8) is 0 Å². The summed E-state index contributed by atoms with van der Waals surface area (Å²) in [6, 6.07) is -4.55. The zero-order chi connectivity index (χ0) is 39.0. The van der Waals surface area contributed by atoms with Crippen molar-refractivity contribution in [1.82, 2.24) is 5.32 Å². The summed E-state index contributed by atoms with van der Waals surface area (Å²) in [5.74, 6) is -2.88. The molecular formula is C27H47N7O18. The minimum Gasteiger partial charge on any atom is -0.479 e. The van der Waals surface area contributed by atoms with E-state index in [-0.39, 0.29) is 6.29 Å². The summed E-state index contributed by atoms with van der Waals surface area (Å²) in [5, 5.41) is 109. The van der Waals surface area contributed by atoms with Crippen LogP contribution in [0.5, 0.6) is 0 Å². The molecule has 0 bridgehead atoms. The maximum Gasteiger partial charge on any atom is 0.335 e. The van der Waals surface area contributed by atoms with E-state index < -0.39 is 146 Å². The normalized spacial score (nSPS) is 48.1. The molecule has 298 valence electrons. The Kier molecular flexibility index (Phi) is 13.3. The average Bonchev–Trinajstić information content (AvgIpc) is 3.32. The van der Waals surface area contributed by atoms with Crippen LogP contribution in [0.15, 0.2) is 9.98 Å². The fourth-order valence-electron chi connectivity index (χ4n) is 6.54. The molecule has 4 aliphatic rings. The van der Waals surface area contributed by atoms with Crippen molar-refractivity contribution in [1.29, 1.82) is 0 Å². The van der Waals surface area contributed by atoms with Crippen LogP contribution < -0.4 is 28.3 Å². The lowest BCUT2D eigenvalue weighted by molar-refractivity contribution is -0.351. The molecule has 20 atom stereocenters. The minimum absolute atomic E-state index is 0.0590. The van der Waals surface area contributed by atoms with E-state index in [1.165, 1.54) is 14.0 Å². The van der Waals surface area contributed by atoms with Gasteiger partial charge < -0.3 is 108 Å². The molecule has 52 heavy (non-hydrogen) atoms. The van der Waals surface area contributed by atoms with E-state index in [0.29, 0.717) is 0 Å². The first-order valence-corrected chi connectivity index (χ1v) is 15.9. The zero-order valence-corrected chi connectivity index (χ0v) is 27.7. The molecule has 3 aliphatic heterocycles. The van der Waals surface area contributed by atoms with Gasteiger partial charge in [-0.1, -0.05) is 0 Å². The van der Waals surface area contributed by atoms with Crippen LogP contribution >= 0.6 is 0 Å². The van der Waals surface area contributed by atoms with E-state index in [0.717, 1.165) is 0 Å². The van der Waals surface area contributed by atoms with E-state index in [4.69, 9.17) is 51.4 Å². The fourth-order valence-corrected chi connectivity index (χ4v) is 6.54. The summed E-state index contributed by atoms with van der Waals surface area (Å²) in [5.41, 5.74) is 19.4. The first-order chi connectivity index (χ1) is 24.3. The van der Waals surface area contributed by atoms with Crippen molar-refractivity contribution >= 4 is 24.2 Å². The predicted octanol–water partition coefficient (Wildman–Crippen LogP) is -10.2. The number of carbonyl (C=O) groups excluding carboxylic acids is 1. The van der Waals surface area contributed by atoms with Crippen molar-refractivity contribution in [3.8, 4) is 0 Å². The number of hydrogen-bond donors (Lipinski definition) is 15. The molecule has 1 saturated carbocycles. The van der Waals surface area contributed by atoms with Gasteiger partial charge in [0.2, 0.25) is 0 Å². The summed E-state index contributed by atoms with van der Waals surface area (Å²) in [4.78, 5) is 31.7. The van der Waals surface area contributed by atoms with Gasteiger partial charge in [0.05, 0.1) is 18.8 Å². The lowest BCUT2D eigenvalue weighted by atomic mass is 9.81. The third-order valence-electron chi connectivity index (χ3n) is 9.41. The van der Waals surface area contributed by atoms with Gasteiger partial charge in [0.1, 0.15) is 79.2 Å². The van der Waals surface area contributed by atoms with Crippen LogP contribution in [-0.4, -0.2) is 211 Å².